The van der Waals surface area contributed by atoms with Crippen molar-refractivity contribution in [1.82, 2.24) is 5.16 Å². The molecule has 0 spiro atoms. The van der Waals surface area contributed by atoms with Crippen LogP contribution in [-0.2, 0) is 21.2 Å². The molecular formula is C21H22ClN3O6S. The van der Waals surface area contributed by atoms with Crippen molar-refractivity contribution in [2.24, 2.45) is 0 Å². The molecule has 1 aromatic heterocycles. The van der Waals surface area contributed by atoms with E-state index >= 15 is 0 Å². The number of methoxy groups -OCH3 is 2. The van der Waals surface area contributed by atoms with Gasteiger partial charge in [0.05, 0.1) is 31.2 Å². The van der Waals surface area contributed by atoms with Gasteiger partial charge in [0.15, 0.2) is 0 Å². The Hall–Kier alpha value is -3.24. The van der Waals surface area contributed by atoms with Gasteiger partial charge < -0.3 is 14.0 Å². The van der Waals surface area contributed by atoms with Crippen molar-refractivity contribution in [2.75, 3.05) is 24.3 Å². The zero-order chi connectivity index (χ0) is 23.5. The number of anilines is 2. The van der Waals surface area contributed by atoms with Crippen LogP contribution in [0.5, 0.6) is 11.5 Å². The molecule has 0 aliphatic carbocycles. The standard InChI is InChI=1S/C21H22ClN3O6S/c1-5-15-20(21(31-24-15)23-12(2)26)13-6-8-18(30-4)19(10-13)32(27,28)25-16-11-14(22)7-9-17(16)29-3/h6-11,25H,5H2,1-4H3,(H,23,26). The minimum atomic E-state index is -4.13. The molecule has 0 aliphatic rings. The highest BCUT2D eigenvalue weighted by Gasteiger charge is 2.25. The fraction of sp³-hybridized carbons (Fsp3) is 0.238. The number of hydrogen-bond acceptors (Lipinski definition) is 7. The Kier molecular flexibility index (Phi) is 6.95. The predicted molar refractivity (Wildman–Crippen MR) is 121 cm³/mol. The van der Waals surface area contributed by atoms with Gasteiger partial charge in [0.2, 0.25) is 11.8 Å². The van der Waals surface area contributed by atoms with E-state index in [9.17, 15) is 13.2 Å². The Morgan fingerprint density at radius 2 is 1.81 bits per heavy atom. The van der Waals surface area contributed by atoms with Gasteiger partial charge in [-0.05, 0) is 42.3 Å². The Morgan fingerprint density at radius 3 is 2.44 bits per heavy atom. The van der Waals surface area contributed by atoms with Gasteiger partial charge in [-0.25, -0.2) is 8.42 Å². The molecule has 1 heterocycles. The third kappa shape index (κ3) is 4.81. The van der Waals surface area contributed by atoms with Crippen LogP contribution >= 0.6 is 11.6 Å². The summed E-state index contributed by atoms with van der Waals surface area (Å²) in [4.78, 5) is 11.4. The molecule has 0 saturated carbocycles. The first-order valence-corrected chi connectivity index (χ1v) is 11.4. The molecular weight excluding hydrogens is 458 g/mol. The van der Waals surface area contributed by atoms with Crippen molar-refractivity contribution < 1.29 is 27.2 Å². The Labute approximate surface area is 190 Å². The highest BCUT2D eigenvalue weighted by molar-refractivity contribution is 7.92. The number of nitrogens with one attached hydrogen (secondary N) is 2. The number of aryl methyl sites for hydroxylation is 1. The molecule has 2 aromatic carbocycles. The number of rotatable bonds is 8. The minimum Gasteiger partial charge on any atom is -0.495 e. The molecule has 0 aliphatic heterocycles. The van der Waals surface area contributed by atoms with Gasteiger partial charge >= 0.3 is 0 Å². The number of halogens is 1. The fourth-order valence-corrected chi connectivity index (χ4v) is 4.54. The van der Waals surface area contributed by atoms with Crippen molar-refractivity contribution in [3.05, 3.63) is 47.1 Å². The summed E-state index contributed by atoms with van der Waals surface area (Å²) in [6, 6.07) is 9.19. The third-order valence-electron chi connectivity index (χ3n) is 4.53. The number of ether oxygens (including phenoxy) is 2. The van der Waals surface area contributed by atoms with Crippen molar-refractivity contribution in [3.8, 4) is 22.6 Å². The largest absolute Gasteiger partial charge is 0.495 e. The first-order chi connectivity index (χ1) is 15.2. The van der Waals surface area contributed by atoms with Crippen LogP contribution in [0.1, 0.15) is 19.5 Å². The van der Waals surface area contributed by atoms with E-state index in [1.807, 2.05) is 6.92 Å². The van der Waals surface area contributed by atoms with Crippen LogP contribution < -0.4 is 19.5 Å². The number of nitrogens with zero attached hydrogens (tertiary/aromatic N) is 1. The lowest BCUT2D eigenvalue weighted by Crippen LogP contribution is -2.15. The second-order valence-electron chi connectivity index (χ2n) is 6.68. The quantitative estimate of drug-likeness (QED) is 0.493. The monoisotopic (exact) mass is 479 g/mol. The number of benzene rings is 2. The number of aromatic nitrogens is 1. The van der Waals surface area contributed by atoms with Gasteiger partial charge in [-0.1, -0.05) is 29.7 Å². The lowest BCUT2D eigenvalue weighted by molar-refractivity contribution is -0.114. The SMILES string of the molecule is CCc1noc(NC(C)=O)c1-c1ccc(OC)c(S(=O)(=O)Nc2cc(Cl)ccc2OC)c1. The number of carbonyl (C=O) groups is 1. The van der Waals surface area contributed by atoms with E-state index in [-0.39, 0.29) is 28.1 Å². The summed E-state index contributed by atoms with van der Waals surface area (Å²) < 4.78 is 44.9. The van der Waals surface area contributed by atoms with Crippen LogP contribution in [0.3, 0.4) is 0 Å². The number of carbonyl (C=O) groups excluding carboxylic acids is 1. The molecule has 170 valence electrons. The lowest BCUT2D eigenvalue weighted by atomic mass is 10.0. The average molecular weight is 480 g/mol. The van der Waals surface area contributed by atoms with Gasteiger partial charge in [-0.2, -0.15) is 0 Å². The molecule has 32 heavy (non-hydrogen) atoms. The zero-order valence-electron chi connectivity index (χ0n) is 17.9. The Morgan fingerprint density at radius 1 is 1.12 bits per heavy atom. The highest BCUT2D eigenvalue weighted by Crippen LogP contribution is 2.38. The van der Waals surface area contributed by atoms with Gasteiger partial charge in [-0.3, -0.25) is 14.8 Å². The fourth-order valence-electron chi connectivity index (χ4n) is 3.11. The average Bonchev–Trinajstić information content (AvgIpc) is 3.15. The summed E-state index contributed by atoms with van der Waals surface area (Å²) in [5.41, 5.74) is 1.70. The smallest absolute Gasteiger partial charge is 0.265 e. The van der Waals surface area contributed by atoms with Crippen LogP contribution in [0.25, 0.3) is 11.1 Å². The lowest BCUT2D eigenvalue weighted by Gasteiger charge is -2.15. The zero-order valence-corrected chi connectivity index (χ0v) is 19.4. The molecule has 2 N–H and O–H groups in total. The molecule has 3 aromatic rings. The van der Waals surface area contributed by atoms with Crippen LogP contribution in [0.4, 0.5) is 11.6 Å². The first-order valence-electron chi connectivity index (χ1n) is 9.51. The van der Waals surface area contributed by atoms with Crippen LogP contribution in [0.15, 0.2) is 45.8 Å². The van der Waals surface area contributed by atoms with Crippen LogP contribution in [-0.4, -0.2) is 33.7 Å². The van der Waals surface area contributed by atoms with E-state index in [1.54, 1.807) is 18.2 Å². The van der Waals surface area contributed by atoms with E-state index in [1.165, 1.54) is 39.3 Å². The van der Waals surface area contributed by atoms with Gasteiger partial charge in [-0.15, -0.1) is 0 Å². The predicted octanol–water partition coefficient (Wildman–Crippen LogP) is 4.33. The summed E-state index contributed by atoms with van der Waals surface area (Å²) in [6.45, 7) is 3.21. The molecule has 0 unspecified atom stereocenters. The number of hydrogen-bond donors (Lipinski definition) is 2. The molecule has 0 atom stereocenters. The molecule has 0 bridgehead atoms. The molecule has 3 rings (SSSR count). The van der Waals surface area contributed by atoms with Gasteiger partial charge in [0.25, 0.3) is 10.0 Å². The Bertz CT molecular complexity index is 1260. The van der Waals surface area contributed by atoms with Gasteiger partial charge in [0.1, 0.15) is 16.4 Å². The maximum Gasteiger partial charge on any atom is 0.265 e. The second-order valence-corrected chi connectivity index (χ2v) is 8.77. The molecule has 9 nitrogen and oxygen atoms in total. The summed E-state index contributed by atoms with van der Waals surface area (Å²) in [6.07, 6.45) is 0.504. The maximum atomic E-state index is 13.3. The molecule has 0 saturated heterocycles. The second kappa shape index (κ2) is 9.49. The van der Waals surface area contributed by atoms with Gasteiger partial charge in [0, 0.05) is 11.9 Å². The van der Waals surface area contributed by atoms with E-state index < -0.39 is 10.0 Å². The molecule has 0 fully saturated rings. The van der Waals surface area contributed by atoms with Crippen molar-refractivity contribution in [1.29, 1.82) is 0 Å². The van der Waals surface area contributed by atoms with Crippen LogP contribution in [0, 0.1) is 0 Å². The van der Waals surface area contributed by atoms with Crippen molar-refractivity contribution in [3.63, 3.8) is 0 Å². The Balaban J connectivity index is 2.13. The summed E-state index contributed by atoms with van der Waals surface area (Å²) >= 11 is 6.03. The molecule has 1 amide bonds. The first kappa shape index (κ1) is 23.4. The molecule has 11 heteroatoms. The van der Waals surface area contributed by atoms with Crippen molar-refractivity contribution in [2.45, 2.75) is 25.2 Å². The third-order valence-corrected chi connectivity index (χ3v) is 6.16. The van der Waals surface area contributed by atoms with E-state index in [0.29, 0.717) is 34.0 Å². The topological polar surface area (TPSA) is 120 Å². The minimum absolute atomic E-state index is 0.123. The number of sulfonamides is 1. The van der Waals surface area contributed by atoms with E-state index in [0.717, 1.165) is 0 Å². The summed E-state index contributed by atoms with van der Waals surface area (Å²) in [5, 5.41) is 6.89. The highest BCUT2D eigenvalue weighted by atomic mass is 35.5. The van der Waals surface area contributed by atoms with E-state index in [2.05, 4.69) is 15.2 Å². The number of amides is 1. The maximum absolute atomic E-state index is 13.3. The van der Waals surface area contributed by atoms with E-state index in [4.69, 9.17) is 25.6 Å². The molecule has 0 radical (unpaired) electrons. The van der Waals surface area contributed by atoms with Crippen LogP contribution in [0.2, 0.25) is 5.02 Å². The normalized spacial score (nSPS) is 11.2. The summed E-state index contributed by atoms with van der Waals surface area (Å²) in [7, 11) is -1.34. The van der Waals surface area contributed by atoms with Crippen molar-refractivity contribution >= 4 is 39.1 Å². The summed E-state index contributed by atoms with van der Waals surface area (Å²) in [5.74, 6) is 0.208.